The lowest BCUT2D eigenvalue weighted by molar-refractivity contribution is -0.355. The molecule has 0 spiro atoms. The predicted octanol–water partition coefficient (Wildman–Crippen LogP) is -9.56. The number of aromatic nitrogens is 1. The summed E-state index contributed by atoms with van der Waals surface area (Å²) in [5.74, 6) is 0.772. The fourth-order valence-electron chi connectivity index (χ4n) is 0.711. The van der Waals surface area contributed by atoms with E-state index in [-0.39, 0.29) is 30.8 Å². The fourth-order valence-corrected chi connectivity index (χ4v) is 2.01. The number of halogens is 2. The highest BCUT2D eigenvalue weighted by atomic mass is 35.5. The van der Waals surface area contributed by atoms with Gasteiger partial charge in [-0.15, -0.1) is 4.98 Å². The number of hydrogen-bond donors (Lipinski definition) is 5. The van der Waals surface area contributed by atoms with Gasteiger partial charge in [-0.05, 0) is 11.8 Å². The summed E-state index contributed by atoms with van der Waals surface area (Å²) in [6, 6.07) is 0. The van der Waals surface area contributed by atoms with Crippen molar-refractivity contribution in [2.45, 2.75) is 5.75 Å². The summed E-state index contributed by atoms with van der Waals surface area (Å²) < 4.78 is 0. The van der Waals surface area contributed by atoms with Gasteiger partial charge in [0, 0.05) is 5.38 Å². The van der Waals surface area contributed by atoms with Crippen molar-refractivity contribution in [3.05, 3.63) is 11.1 Å². The Hall–Kier alpha value is -0.700. The molecule has 0 unspecified atom stereocenters. The van der Waals surface area contributed by atoms with E-state index in [1.807, 2.05) is 5.38 Å². The molecule has 0 aromatic carbocycles. The molecule has 1 aromatic heterocycles. The van der Waals surface area contributed by atoms with Crippen LogP contribution in [0.1, 0.15) is 5.69 Å². The van der Waals surface area contributed by atoms with Gasteiger partial charge in [0.1, 0.15) is 5.69 Å². The largest absolute Gasteiger partial charge is 1.00 e. The Bertz CT molecular complexity index is 362. The van der Waals surface area contributed by atoms with E-state index in [4.69, 9.17) is 22.6 Å². The molecule has 0 fully saturated rings. The summed E-state index contributed by atoms with van der Waals surface area (Å²) in [7, 11) is 0. The third-order valence-electron chi connectivity index (χ3n) is 1.19. The fraction of sp³-hybridized carbons (Fsp3) is 0.167. The number of thiazole rings is 1. The number of nitrogens with zero attached hydrogens (tertiary/aromatic N) is 1. The molecule has 0 saturated heterocycles. The average Bonchev–Trinajstić information content (AvgIpc) is 2.47. The van der Waals surface area contributed by atoms with Crippen LogP contribution in [0.2, 0.25) is 0 Å². The van der Waals surface area contributed by atoms with Gasteiger partial charge in [0.25, 0.3) is 10.3 Å². The summed E-state index contributed by atoms with van der Waals surface area (Å²) in [6.45, 7) is 0. The van der Waals surface area contributed by atoms with E-state index in [1.54, 1.807) is 0 Å². The maximum absolute atomic E-state index is 5.30. The van der Waals surface area contributed by atoms with Gasteiger partial charge in [0.2, 0.25) is 0 Å². The Morgan fingerprint density at radius 1 is 1.44 bits per heavy atom. The molecule has 0 radical (unpaired) electrons. The number of guanidine groups is 1. The van der Waals surface area contributed by atoms with Gasteiger partial charge in [-0.2, -0.15) is 0 Å². The molecule has 10 heteroatoms. The first-order chi connectivity index (χ1) is 6.58. The van der Waals surface area contributed by atoms with Gasteiger partial charge in [0.05, 0.1) is 5.75 Å². The van der Waals surface area contributed by atoms with Crippen LogP contribution in [-0.4, -0.2) is 16.1 Å². The number of hydrogen-bond acceptors (Lipinski definition) is 3. The smallest absolute Gasteiger partial charge is 0.303 e. The molecular formula is C6H12Cl2N6S2. The number of amidine groups is 1. The Balaban J connectivity index is 0. The summed E-state index contributed by atoms with van der Waals surface area (Å²) >= 11 is 2.76. The minimum absolute atomic E-state index is 0. The molecule has 0 amide bonds. The standard InChI is InChI=1S/C6H10N6S2.2ClH/c7-4(8)12-6-11-3(2-14-6)1-13-5(9)10;;/h2H,1H2,(H3,9,10)(H4,7,8,11,12);2*1H. The Morgan fingerprint density at radius 2 is 2.06 bits per heavy atom. The van der Waals surface area contributed by atoms with Gasteiger partial charge < -0.3 is 36.3 Å². The summed E-state index contributed by atoms with van der Waals surface area (Å²) in [5, 5.41) is 8.19. The van der Waals surface area contributed by atoms with Crippen LogP contribution in [-0.2, 0) is 5.75 Å². The minimum atomic E-state index is 0. The van der Waals surface area contributed by atoms with Gasteiger partial charge >= 0.3 is 5.96 Å². The second kappa shape index (κ2) is 8.45. The summed E-state index contributed by atoms with van der Waals surface area (Å²) in [4.78, 5) is 6.92. The zero-order valence-electron chi connectivity index (χ0n) is 8.11. The third-order valence-corrected chi connectivity index (χ3v) is 2.77. The van der Waals surface area contributed by atoms with Crippen molar-refractivity contribution in [2.75, 3.05) is 0 Å². The van der Waals surface area contributed by atoms with Crippen LogP contribution in [0, 0.1) is 0 Å². The average molecular weight is 303 g/mol. The van der Waals surface area contributed by atoms with E-state index in [2.05, 4.69) is 9.98 Å². The van der Waals surface area contributed by atoms with E-state index < -0.39 is 0 Å². The molecule has 0 saturated carbocycles. The molecule has 9 N–H and O–H groups in total. The third kappa shape index (κ3) is 6.72. The Morgan fingerprint density at radius 3 is 2.56 bits per heavy atom. The van der Waals surface area contributed by atoms with Crippen LogP contribution >= 0.6 is 23.1 Å². The maximum Gasteiger partial charge on any atom is 0.303 e. The molecule has 92 valence electrons. The molecule has 1 aromatic rings. The number of rotatable bonds is 3. The highest BCUT2D eigenvalue weighted by Crippen LogP contribution is 2.14. The van der Waals surface area contributed by atoms with Crippen molar-refractivity contribution in [2.24, 2.45) is 17.2 Å². The van der Waals surface area contributed by atoms with Crippen LogP contribution in [0.5, 0.6) is 0 Å². The van der Waals surface area contributed by atoms with Crippen LogP contribution < -0.4 is 52.4 Å². The molecule has 0 aliphatic rings. The van der Waals surface area contributed by atoms with Crippen LogP contribution in [0.4, 0.5) is 5.13 Å². The number of nitrogens with one attached hydrogen (secondary N) is 1. The topological polar surface area (TPSA) is 131 Å². The Kier molecular flexibility index (Phi) is 9.34. The maximum atomic E-state index is 5.30. The van der Waals surface area contributed by atoms with Gasteiger partial charge in [-0.1, -0.05) is 11.3 Å². The first-order valence-corrected chi connectivity index (χ1v) is 5.54. The molecule has 1 rings (SSSR count). The lowest BCUT2D eigenvalue weighted by Crippen LogP contribution is -3.00. The quantitative estimate of drug-likeness (QED) is 0.280. The normalized spacial score (nSPS) is 8.50. The molecule has 0 bridgehead atoms. The molecule has 16 heavy (non-hydrogen) atoms. The summed E-state index contributed by atoms with van der Waals surface area (Å²) in [6.07, 6.45) is 0. The first-order valence-electron chi connectivity index (χ1n) is 3.68. The van der Waals surface area contributed by atoms with Crippen LogP contribution in [0.25, 0.3) is 0 Å². The lowest BCUT2D eigenvalue weighted by Gasteiger charge is -1.86. The molecule has 1 heterocycles. The number of nitrogens with two attached hydrogens (primary N) is 4. The SMILES string of the molecule is NC(=[NH2+])SCc1csc([NH+]=C(N)N)n1.[Cl-].[Cl-]. The number of thioether (sulfide) groups is 1. The predicted molar refractivity (Wildman–Crippen MR) is 58.5 cm³/mol. The zero-order valence-corrected chi connectivity index (χ0v) is 11.3. The Labute approximate surface area is 113 Å². The van der Waals surface area contributed by atoms with Crippen molar-refractivity contribution in [3.63, 3.8) is 0 Å². The summed E-state index contributed by atoms with van der Waals surface area (Å²) in [5.41, 5.74) is 16.7. The second-order valence-electron chi connectivity index (χ2n) is 2.42. The van der Waals surface area contributed by atoms with Crippen molar-refractivity contribution in [1.82, 2.24) is 4.98 Å². The van der Waals surface area contributed by atoms with E-state index >= 15 is 0 Å². The molecule has 6 nitrogen and oxygen atoms in total. The van der Waals surface area contributed by atoms with Gasteiger partial charge in [0.15, 0.2) is 0 Å². The van der Waals surface area contributed by atoms with Crippen molar-refractivity contribution < 1.29 is 35.2 Å². The molecule has 0 aliphatic heterocycles. The lowest BCUT2D eigenvalue weighted by atomic mass is 10.6. The minimum Gasteiger partial charge on any atom is -1.00 e. The van der Waals surface area contributed by atoms with E-state index in [9.17, 15) is 0 Å². The monoisotopic (exact) mass is 302 g/mol. The highest BCUT2D eigenvalue weighted by Gasteiger charge is 2.07. The van der Waals surface area contributed by atoms with E-state index in [0.717, 1.165) is 5.69 Å². The van der Waals surface area contributed by atoms with Crippen molar-refractivity contribution in [1.29, 1.82) is 0 Å². The highest BCUT2D eigenvalue weighted by molar-refractivity contribution is 8.12. The van der Waals surface area contributed by atoms with Crippen molar-refractivity contribution >= 4 is 39.4 Å². The first kappa shape index (κ1) is 17.7. The van der Waals surface area contributed by atoms with Crippen LogP contribution in [0.3, 0.4) is 0 Å². The molecule has 0 aliphatic carbocycles. The second-order valence-corrected chi connectivity index (χ2v) is 4.32. The van der Waals surface area contributed by atoms with Gasteiger partial charge in [-0.3, -0.25) is 11.1 Å². The van der Waals surface area contributed by atoms with E-state index in [0.29, 0.717) is 16.1 Å². The van der Waals surface area contributed by atoms with Gasteiger partial charge in [-0.25, -0.2) is 4.99 Å². The zero-order chi connectivity index (χ0) is 10.6. The van der Waals surface area contributed by atoms with Crippen molar-refractivity contribution in [3.8, 4) is 0 Å². The van der Waals surface area contributed by atoms with E-state index in [1.165, 1.54) is 23.1 Å². The van der Waals surface area contributed by atoms with Crippen LogP contribution in [0.15, 0.2) is 5.38 Å². The molecular weight excluding hydrogens is 291 g/mol. The molecule has 0 atom stereocenters.